The molecular formula is C18H21F2N5O3. The SMILES string of the molecule is O=C(CCn1cnnc1)N[C@@H]1C[C@H](C(=O)NCc2c(F)cccc2F)C[C@H]1O. The molecule has 150 valence electrons. The summed E-state index contributed by atoms with van der Waals surface area (Å²) in [5.41, 5.74) is -0.215. The molecule has 0 bridgehead atoms. The van der Waals surface area contributed by atoms with E-state index in [1.54, 1.807) is 4.57 Å². The second-order valence-corrected chi connectivity index (χ2v) is 6.78. The van der Waals surface area contributed by atoms with Gasteiger partial charge < -0.3 is 20.3 Å². The molecule has 1 aromatic heterocycles. The number of rotatable bonds is 7. The van der Waals surface area contributed by atoms with Crippen LogP contribution in [0.5, 0.6) is 0 Å². The number of halogens is 2. The molecule has 8 nitrogen and oxygen atoms in total. The number of aromatic nitrogens is 3. The maximum absolute atomic E-state index is 13.6. The molecule has 0 radical (unpaired) electrons. The topological polar surface area (TPSA) is 109 Å². The Bertz CT molecular complexity index is 810. The molecule has 2 aromatic rings. The lowest BCUT2D eigenvalue weighted by molar-refractivity contribution is -0.125. The van der Waals surface area contributed by atoms with E-state index in [0.29, 0.717) is 6.54 Å². The van der Waals surface area contributed by atoms with Crippen molar-refractivity contribution >= 4 is 11.8 Å². The molecule has 2 amide bonds. The third kappa shape index (κ3) is 4.89. The predicted molar refractivity (Wildman–Crippen MR) is 93.5 cm³/mol. The van der Waals surface area contributed by atoms with Crippen molar-refractivity contribution in [2.75, 3.05) is 0 Å². The minimum Gasteiger partial charge on any atom is -0.391 e. The highest BCUT2D eigenvalue weighted by molar-refractivity contribution is 5.80. The number of nitrogens with one attached hydrogen (secondary N) is 2. The van der Waals surface area contributed by atoms with E-state index in [1.807, 2.05) is 0 Å². The molecule has 0 aliphatic heterocycles. The Hall–Kier alpha value is -2.88. The second kappa shape index (κ2) is 8.87. The average Bonchev–Trinajstić information content (AvgIpc) is 3.30. The summed E-state index contributed by atoms with van der Waals surface area (Å²) in [5.74, 6) is -2.68. The van der Waals surface area contributed by atoms with E-state index in [-0.39, 0.29) is 37.3 Å². The largest absolute Gasteiger partial charge is 0.391 e. The van der Waals surface area contributed by atoms with Gasteiger partial charge in [0.25, 0.3) is 0 Å². The molecule has 1 saturated carbocycles. The van der Waals surface area contributed by atoms with Gasteiger partial charge in [0.05, 0.1) is 12.1 Å². The summed E-state index contributed by atoms with van der Waals surface area (Å²) in [7, 11) is 0. The Balaban J connectivity index is 1.47. The smallest absolute Gasteiger partial charge is 0.223 e. The number of hydrogen-bond donors (Lipinski definition) is 3. The molecule has 1 heterocycles. The van der Waals surface area contributed by atoms with Gasteiger partial charge >= 0.3 is 0 Å². The summed E-state index contributed by atoms with van der Waals surface area (Å²) < 4.78 is 28.9. The van der Waals surface area contributed by atoms with Gasteiger partial charge in [-0.05, 0) is 25.0 Å². The van der Waals surface area contributed by atoms with E-state index < -0.39 is 35.6 Å². The van der Waals surface area contributed by atoms with Crippen molar-refractivity contribution < 1.29 is 23.5 Å². The minimum absolute atomic E-state index is 0.169. The highest BCUT2D eigenvalue weighted by Gasteiger charge is 2.37. The van der Waals surface area contributed by atoms with E-state index in [2.05, 4.69) is 20.8 Å². The lowest BCUT2D eigenvalue weighted by Gasteiger charge is -2.16. The molecule has 3 N–H and O–H groups in total. The van der Waals surface area contributed by atoms with Crippen LogP contribution in [-0.4, -0.2) is 43.8 Å². The third-order valence-corrected chi connectivity index (χ3v) is 4.81. The molecule has 1 aliphatic carbocycles. The molecule has 28 heavy (non-hydrogen) atoms. The normalized spacial score (nSPS) is 21.5. The van der Waals surface area contributed by atoms with Crippen LogP contribution < -0.4 is 10.6 Å². The summed E-state index contributed by atoms with van der Waals surface area (Å²) >= 11 is 0. The lowest BCUT2D eigenvalue weighted by atomic mass is 10.1. The average molecular weight is 393 g/mol. The zero-order valence-corrected chi connectivity index (χ0v) is 15.0. The number of aliphatic hydroxyl groups excluding tert-OH is 1. The van der Waals surface area contributed by atoms with Crippen LogP contribution in [0.25, 0.3) is 0 Å². The first kappa shape index (κ1) is 19.9. The van der Waals surface area contributed by atoms with Crippen LogP contribution in [0.1, 0.15) is 24.8 Å². The van der Waals surface area contributed by atoms with Crippen LogP contribution in [0.3, 0.4) is 0 Å². The molecule has 0 spiro atoms. The van der Waals surface area contributed by atoms with Gasteiger partial charge in [0.2, 0.25) is 11.8 Å². The zero-order chi connectivity index (χ0) is 20.1. The zero-order valence-electron chi connectivity index (χ0n) is 15.0. The van der Waals surface area contributed by atoms with Gasteiger partial charge in [0.15, 0.2) is 0 Å². The predicted octanol–water partition coefficient (Wildman–Crippen LogP) is 0.518. The van der Waals surface area contributed by atoms with Crippen LogP contribution in [0, 0.1) is 17.6 Å². The maximum atomic E-state index is 13.6. The molecular weight excluding hydrogens is 372 g/mol. The van der Waals surface area contributed by atoms with Gasteiger partial charge in [-0.3, -0.25) is 9.59 Å². The van der Waals surface area contributed by atoms with Crippen LogP contribution in [0.4, 0.5) is 8.78 Å². The fourth-order valence-corrected chi connectivity index (χ4v) is 3.25. The molecule has 1 aliphatic rings. The van der Waals surface area contributed by atoms with Crippen LogP contribution in [-0.2, 0) is 22.7 Å². The number of carbonyl (C=O) groups excluding carboxylic acids is 2. The van der Waals surface area contributed by atoms with Crippen molar-refractivity contribution in [3.63, 3.8) is 0 Å². The van der Waals surface area contributed by atoms with Crippen molar-refractivity contribution in [2.24, 2.45) is 5.92 Å². The highest BCUT2D eigenvalue weighted by Crippen LogP contribution is 2.26. The number of nitrogens with zero attached hydrogens (tertiary/aromatic N) is 3. The summed E-state index contributed by atoms with van der Waals surface area (Å²) in [6, 6.07) is 2.94. The Morgan fingerprint density at radius 3 is 2.54 bits per heavy atom. The number of aryl methyl sites for hydroxylation is 1. The van der Waals surface area contributed by atoms with Crippen molar-refractivity contribution in [2.45, 2.75) is 44.5 Å². The van der Waals surface area contributed by atoms with Crippen LogP contribution in [0.2, 0.25) is 0 Å². The molecule has 0 saturated heterocycles. The van der Waals surface area contributed by atoms with Crippen molar-refractivity contribution in [3.05, 3.63) is 48.1 Å². The van der Waals surface area contributed by atoms with Gasteiger partial charge in [0, 0.05) is 31.0 Å². The fraction of sp³-hybridized carbons (Fsp3) is 0.444. The number of amides is 2. The number of benzene rings is 1. The molecule has 1 fully saturated rings. The highest BCUT2D eigenvalue weighted by atomic mass is 19.1. The number of aliphatic hydroxyl groups is 1. The molecule has 1 aromatic carbocycles. The first-order chi connectivity index (χ1) is 13.4. The summed E-state index contributed by atoms with van der Waals surface area (Å²) in [4.78, 5) is 24.3. The fourth-order valence-electron chi connectivity index (χ4n) is 3.25. The second-order valence-electron chi connectivity index (χ2n) is 6.78. The monoisotopic (exact) mass is 393 g/mol. The third-order valence-electron chi connectivity index (χ3n) is 4.81. The van der Waals surface area contributed by atoms with E-state index in [9.17, 15) is 23.5 Å². The van der Waals surface area contributed by atoms with Gasteiger partial charge in [-0.15, -0.1) is 10.2 Å². The van der Waals surface area contributed by atoms with Crippen molar-refractivity contribution in [3.8, 4) is 0 Å². The van der Waals surface area contributed by atoms with Gasteiger partial charge in [0.1, 0.15) is 24.3 Å². The standard InChI is InChI=1S/C18H21F2N5O3/c19-13-2-1-3-14(20)12(13)8-21-18(28)11-6-15(16(26)7-11)24-17(27)4-5-25-9-22-23-10-25/h1-3,9-11,15-16,26H,4-8H2,(H,21,28)(H,24,27)/t11-,15+,16+/m0/s1. The quantitative estimate of drug-likeness (QED) is 0.635. The van der Waals surface area contributed by atoms with Crippen LogP contribution >= 0.6 is 0 Å². The van der Waals surface area contributed by atoms with Crippen molar-refractivity contribution in [1.82, 2.24) is 25.4 Å². The Morgan fingerprint density at radius 2 is 1.86 bits per heavy atom. The van der Waals surface area contributed by atoms with E-state index in [1.165, 1.54) is 18.7 Å². The number of hydrogen-bond acceptors (Lipinski definition) is 5. The van der Waals surface area contributed by atoms with Crippen LogP contribution in [0.15, 0.2) is 30.9 Å². The summed E-state index contributed by atoms with van der Waals surface area (Å²) in [5, 5.41) is 22.7. The molecule has 3 rings (SSSR count). The van der Waals surface area contributed by atoms with E-state index >= 15 is 0 Å². The number of carbonyl (C=O) groups is 2. The van der Waals surface area contributed by atoms with Gasteiger partial charge in [-0.2, -0.15) is 0 Å². The summed E-state index contributed by atoms with van der Waals surface area (Å²) in [6.45, 7) is 0.125. The lowest BCUT2D eigenvalue weighted by Crippen LogP contribution is -2.40. The van der Waals surface area contributed by atoms with Gasteiger partial charge in [-0.1, -0.05) is 6.07 Å². The van der Waals surface area contributed by atoms with Gasteiger partial charge in [-0.25, -0.2) is 8.78 Å². The van der Waals surface area contributed by atoms with E-state index in [4.69, 9.17) is 0 Å². The first-order valence-corrected chi connectivity index (χ1v) is 8.94. The Morgan fingerprint density at radius 1 is 1.18 bits per heavy atom. The van der Waals surface area contributed by atoms with E-state index in [0.717, 1.165) is 12.1 Å². The van der Waals surface area contributed by atoms with Crippen molar-refractivity contribution in [1.29, 1.82) is 0 Å². The maximum Gasteiger partial charge on any atom is 0.223 e. The molecule has 3 atom stereocenters. The molecule has 0 unspecified atom stereocenters. The first-order valence-electron chi connectivity index (χ1n) is 8.94. The molecule has 10 heteroatoms. The minimum atomic E-state index is -0.861. The Labute approximate surface area is 160 Å². The summed E-state index contributed by atoms with van der Waals surface area (Å²) in [6.07, 6.45) is 2.74. The Kier molecular flexibility index (Phi) is 6.30.